The molecule has 2 nitrogen and oxygen atoms in total. The number of hydrogen-bond acceptors (Lipinski definition) is 3. The molecule has 0 atom stereocenters. The van der Waals surface area contributed by atoms with Gasteiger partial charge in [0.2, 0.25) is 5.12 Å². The van der Waals surface area contributed by atoms with E-state index >= 15 is 0 Å². The normalized spacial score (nSPS) is 10.2. The van der Waals surface area contributed by atoms with Crippen LogP contribution in [0, 0.1) is 0 Å². The van der Waals surface area contributed by atoms with Crippen LogP contribution in [0.2, 0.25) is 0 Å². The summed E-state index contributed by atoms with van der Waals surface area (Å²) in [6.07, 6.45) is 0. The van der Waals surface area contributed by atoms with Crippen LogP contribution < -0.4 is 5.73 Å². The average Bonchev–Trinajstić information content (AvgIpc) is 2.32. The van der Waals surface area contributed by atoms with Gasteiger partial charge >= 0.3 is 0 Å². The van der Waals surface area contributed by atoms with Gasteiger partial charge in [-0.05, 0) is 48.2 Å². The van der Waals surface area contributed by atoms with Gasteiger partial charge in [0.25, 0.3) is 0 Å². The molecule has 0 bridgehead atoms. The minimum absolute atomic E-state index is 0.0366. The molecule has 0 aliphatic rings. The van der Waals surface area contributed by atoms with E-state index in [-0.39, 0.29) is 5.12 Å². The number of carbonyl (C=O) groups excluding carboxylic acids is 1. The molecule has 17 heavy (non-hydrogen) atoms. The quantitative estimate of drug-likeness (QED) is 0.674. The molecule has 0 fully saturated rings. The minimum atomic E-state index is -0.0366. The van der Waals surface area contributed by atoms with Crippen LogP contribution in [0.25, 0.3) is 0 Å². The van der Waals surface area contributed by atoms with Crippen LogP contribution in [-0.4, -0.2) is 5.12 Å². The van der Waals surface area contributed by atoms with Gasteiger partial charge in [0.05, 0.1) is 5.56 Å². The van der Waals surface area contributed by atoms with Crippen molar-refractivity contribution >= 4 is 38.5 Å². The van der Waals surface area contributed by atoms with Gasteiger partial charge in [-0.1, -0.05) is 28.1 Å². The van der Waals surface area contributed by atoms with E-state index in [0.717, 1.165) is 9.37 Å². The number of nitrogen functional groups attached to an aromatic ring is 1. The zero-order valence-electron chi connectivity index (χ0n) is 8.89. The van der Waals surface area contributed by atoms with E-state index in [2.05, 4.69) is 15.9 Å². The van der Waals surface area contributed by atoms with E-state index < -0.39 is 0 Å². The third-order valence-electron chi connectivity index (χ3n) is 2.20. The van der Waals surface area contributed by atoms with Crippen molar-refractivity contribution in [1.82, 2.24) is 0 Å². The second kappa shape index (κ2) is 5.38. The molecule has 4 heteroatoms. The van der Waals surface area contributed by atoms with Gasteiger partial charge in [-0.2, -0.15) is 0 Å². The van der Waals surface area contributed by atoms with Crippen molar-refractivity contribution < 1.29 is 4.79 Å². The zero-order valence-corrected chi connectivity index (χ0v) is 11.3. The molecule has 0 unspecified atom stereocenters. The third kappa shape index (κ3) is 3.11. The highest BCUT2D eigenvalue weighted by Gasteiger charge is 2.10. The lowest BCUT2D eigenvalue weighted by molar-refractivity contribution is 0.109. The van der Waals surface area contributed by atoms with E-state index in [1.54, 1.807) is 12.1 Å². The largest absolute Gasteiger partial charge is 0.398 e. The van der Waals surface area contributed by atoms with Crippen molar-refractivity contribution in [2.45, 2.75) is 4.90 Å². The molecule has 0 amide bonds. The molecule has 86 valence electrons. The smallest absolute Gasteiger partial charge is 0.226 e. The molecule has 0 aliphatic carbocycles. The molecule has 2 N–H and O–H groups in total. The number of carbonyl (C=O) groups is 1. The Kier molecular flexibility index (Phi) is 3.86. The van der Waals surface area contributed by atoms with E-state index in [1.807, 2.05) is 36.4 Å². The summed E-state index contributed by atoms with van der Waals surface area (Å²) in [5, 5.41) is -0.0366. The molecule has 0 radical (unpaired) electrons. The fraction of sp³-hybridized carbons (Fsp3) is 0. The number of anilines is 1. The van der Waals surface area contributed by atoms with Crippen molar-refractivity contribution in [3.05, 3.63) is 58.6 Å². The van der Waals surface area contributed by atoms with Crippen molar-refractivity contribution in [2.75, 3.05) is 5.73 Å². The van der Waals surface area contributed by atoms with Gasteiger partial charge in [0, 0.05) is 15.1 Å². The average molecular weight is 308 g/mol. The number of rotatable bonds is 2. The lowest BCUT2D eigenvalue weighted by Crippen LogP contribution is -1.99. The predicted molar refractivity (Wildman–Crippen MR) is 75.2 cm³/mol. The SMILES string of the molecule is Nc1ccccc1C(=O)Sc1ccc(Br)cc1. The first-order chi connectivity index (χ1) is 8.16. The van der Waals surface area contributed by atoms with Crippen molar-refractivity contribution in [3.63, 3.8) is 0 Å². The number of benzene rings is 2. The molecule has 0 heterocycles. The van der Waals surface area contributed by atoms with Crippen LogP contribution in [-0.2, 0) is 0 Å². The highest BCUT2D eigenvalue weighted by atomic mass is 79.9. The summed E-state index contributed by atoms with van der Waals surface area (Å²) >= 11 is 4.53. The van der Waals surface area contributed by atoms with Gasteiger partial charge in [-0.15, -0.1) is 0 Å². The van der Waals surface area contributed by atoms with Crippen LogP contribution in [0.4, 0.5) is 5.69 Å². The zero-order chi connectivity index (χ0) is 12.3. The molecule has 0 spiro atoms. The Morgan fingerprint density at radius 2 is 1.71 bits per heavy atom. The summed E-state index contributed by atoms with van der Waals surface area (Å²) in [6.45, 7) is 0. The molecule has 2 rings (SSSR count). The summed E-state index contributed by atoms with van der Waals surface area (Å²) in [4.78, 5) is 12.9. The van der Waals surface area contributed by atoms with Crippen molar-refractivity contribution in [3.8, 4) is 0 Å². The van der Waals surface area contributed by atoms with Crippen LogP contribution in [0.15, 0.2) is 57.9 Å². The van der Waals surface area contributed by atoms with Crippen molar-refractivity contribution in [2.24, 2.45) is 0 Å². The molecule has 0 aliphatic heterocycles. The number of para-hydroxylation sites is 1. The van der Waals surface area contributed by atoms with Gasteiger partial charge in [0.15, 0.2) is 0 Å². The van der Waals surface area contributed by atoms with E-state index in [4.69, 9.17) is 5.73 Å². The number of halogens is 1. The van der Waals surface area contributed by atoms with E-state index in [9.17, 15) is 4.79 Å². The molecule has 0 aromatic heterocycles. The van der Waals surface area contributed by atoms with E-state index in [0.29, 0.717) is 11.3 Å². The van der Waals surface area contributed by atoms with Crippen LogP contribution in [0.1, 0.15) is 10.4 Å². The van der Waals surface area contributed by atoms with Crippen LogP contribution >= 0.6 is 27.7 Å². The molecular weight excluding hydrogens is 298 g/mol. The lowest BCUT2D eigenvalue weighted by Gasteiger charge is -2.03. The maximum absolute atomic E-state index is 12.0. The highest BCUT2D eigenvalue weighted by Crippen LogP contribution is 2.26. The van der Waals surface area contributed by atoms with Gasteiger partial charge in [-0.3, -0.25) is 4.79 Å². The summed E-state index contributed by atoms with van der Waals surface area (Å²) in [5.41, 5.74) is 6.83. The fourth-order valence-corrected chi connectivity index (χ4v) is 2.39. The Morgan fingerprint density at radius 1 is 1.06 bits per heavy atom. The number of thioether (sulfide) groups is 1. The lowest BCUT2D eigenvalue weighted by atomic mass is 10.2. The first-order valence-electron chi connectivity index (χ1n) is 4.99. The Bertz CT molecular complexity index is 539. The number of hydrogen-bond donors (Lipinski definition) is 1. The molecule has 2 aromatic carbocycles. The maximum Gasteiger partial charge on any atom is 0.226 e. The number of nitrogens with two attached hydrogens (primary N) is 1. The first-order valence-corrected chi connectivity index (χ1v) is 6.60. The first kappa shape index (κ1) is 12.2. The van der Waals surface area contributed by atoms with Gasteiger partial charge < -0.3 is 5.73 Å². The second-order valence-corrected chi connectivity index (χ2v) is 5.39. The topological polar surface area (TPSA) is 43.1 Å². The molecular formula is C13H10BrNOS. The third-order valence-corrected chi connectivity index (χ3v) is 3.65. The highest BCUT2D eigenvalue weighted by molar-refractivity contribution is 9.10. The van der Waals surface area contributed by atoms with Gasteiger partial charge in [0.1, 0.15) is 0 Å². The minimum Gasteiger partial charge on any atom is -0.398 e. The summed E-state index contributed by atoms with van der Waals surface area (Å²) in [6, 6.07) is 14.7. The molecule has 0 saturated carbocycles. The molecule has 0 saturated heterocycles. The van der Waals surface area contributed by atoms with Crippen molar-refractivity contribution in [1.29, 1.82) is 0 Å². The second-order valence-electron chi connectivity index (χ2n) is 3.43. The van der Waals surface area contributed by atoms with E-state index in [1.165, 1.54) is 11.8 Å². The van der Waals surface area contributed by atoms with Crippen LogP contribution in [0.5, 0.6) is 0 Å². The van der Waals surface area contributed by atoms with Gasteiger partial charge in [-0.25, -0.2) is 0 Å². The van der Waals surface area contributed by atoms with Crippen LogP contribution in [0.3, 0.4) is 0 Å². The fourth-order valence-electron chi connectivity index (χ4n) is 1.35. The standard InChI is InChI=1S/C13H10BrNOS/c14-9-5-7-10(8-6-9)17-13(16)11-3-1-2-4-12(11)15/h1-8H,15H2. The monoisotopic (exact) mass is 307 g/mol. The Balaban J connectivity index is 2.17. The summed E-state index contributed by atoms with van der Waals surface area (Å²) in [7, 11) is 0. The Hall–Kier alpha value is -1.26. The predicted octanol–water partition coefficient (Wildman–Crippen LogP) is 3.96. The summed E-state index contributed by atoms with van der Waals surface area (Å²) < 4.78 is 0.994. The molecule has 2 aromatic rings. The Morgan fingerprint density at radius 3 is 2.35 bits per heavy atom. The maximum atomic E-state index is 12.0. The summed E-state index contributed by atoms with van der Waals surface area (Å²) in [5.74, 6) is 0. The Labute approximate surface area is 112 Å².